The summed E-state index contributed by atoms with van der Waals surface area (Å²) in [5.41, 5.74) is 1.45. The Labute approximate surface area is 131 Å². The van der Waals surface area contributed by atoms with Gasteiger partial charge >= 0.3 is 0 Å². The fraction of sp³-hybridized carbons (Fsp3) is 0.714. The summed E-state index contributed by atoms with van der Waals surface area (Å²) >= 11 is 13.8. The summed E-state index contributed by atoms with van der Waals surface area (Å²) in [6.45, 7) is 6.72. The van der Waals surface area contributed by atoms with Crippen LogP contribution in [0.5, 0.6) is 0 Å². The summed E-state index contributed by atoms with van der Waals surface area (Å²) in [7, 11) is 0. The van der Waals surface area contributed by atoms with Gasteiger partial charge in [-0.15, -0.1) is 11.6 Å². The van der Waals surface area contributed by atoms with Crippen LogP contribution in [0.1, 0.15) is 33.6 Å². The van der Waals surface area contributed by atoms with E-state index in [1.165, 1.54) is 5.57 Å². The van der Waals surface area contributed by atoms with Gasteiger partial charge in [0, 0.05) is 10.2 Å². The third-order valence-electron chi connectivity index (χ3n) is 4.87. The average Bonchev–Trinajstić information content (AvgIpc) is 2.29. The van der Waals surface area contributed by atoms with Crippen LogP contribution in [0.25, 0.3) is 0 Å². The lowest BCUT2D eigenvalue weighted by atomic mass is 9.52. The summed E-state index contributed by atoms with van der Waals surface area (Å²) in [6, 6.07) is 0. The van der Waals surface area contributed by atoms with E-state index in [4.69, 9.17) is 11.6 Å². The Hall–Kier alpha value is 0.530. The fourth-order valence-corrected chi connectivity index (χ4v) is 5.24. The lowest BCUT2D eigenvalue weighted by Gasteiger charge is -2.56. The SMILES string of the molecule is CC1=CC(Cl)C(Br)C(C)(C)[C@@]12CC=C(O)C(Br)C2. The number of aliphatic hydroxyl groups excluding tert-OH is 1. The van der Waals surface area contributed by atoms with E-state index in [1.54, 1.807) is 0 Å². The molecule has 0 aromatic carbocycles. The summed E-state index contributed by atoms with van der Waals surface area (Å²) in [4.78, 5) is 0.282. The number of rotatable bonds is 0. The van der Waals surface area contributed by atoms with Crippen molar-refractivity contribution in [3.05, 3.63) is 23.5 Å². The normalized spacial score (nSPS) is 43.6. The van der Waals surface area contributed by atoms with Gasteiger partial charge in [-0.2, -0.15) is 0 Å². The standard InChI is InChI=1S/C14H19Br2ClO/c1-8-6-10(17)12(16)13(2,3)14(8)5-4-11(18)9(15)7-14/h4,6,9-10,12,18H,5,7H2,1-3H3/t9?,10?,12?,14-/m1/s1. The van der Waals surface area contributed by atoms with E-state index in [9.17, 15) is 5.11 Å². The molecule has 4 heteroatoms. The van der Waals surface area contributed by atoms with Gasteiger partial charge in [0.15, 0.2) is 0 Å². The van der Waals surface area contributed by atoms with Gasteiger partial charge in [-0.3, -0.25) is 0 Å². The molecule has 0 saturated heterocycles. The zero-order chi connectivity index (χ0) is 13.7. The zero-order valence-corrected chi connectivity index (χ0v) is 14.8. The maximum absolute atomic E-state index is 9.82. The Morgan fingerprint density at radius 1 is 1.39 bits per heavy atom. The predicted molar refractivity (Wildman–Crippen MR) is 85.0 cm³/mol. The molecule has 0 fully saturated rings. The van der Waals surface area contributed by atoms with Crippen LogP contribution in [0.2, 0.25) is 0 Å². The van der Waals surface area contributed by atoms with E-state index in [-0.39, 0.29) is 25.9 Å². The molecule has 2 aliphatic carbocycles. The maximum atomic E-state index is 9.82. The van der Waals surface area contributed by atoms with Gasteiger partial charge in [0.1, 0.15) is 5.76 Å². The predicted octanol–water partition coefficient (Wildman–Crippen LogP) is 5.33. The molecule has 1 N–H and O–H groups in total. The summed E-state index contributed by atoms with van der Waals surface area (Å²) in [6.07, 6.45) is 5.91. The highest BCUT2D eigenvalue weighted by molar-refractivity contribution is 9.09. The molecule has 0 radical (unpaired) electrons. The summed E-state index contributed by atoms with van der Waals surface area (Å²) < 4.78 is 0. The molecule has 0 aromatic heterocycles. The summed E-state index contributed by atoms with van der Waals surface area (Å²) in [5, 5.41) is 9.85. The molecule has 0 aliphatic heterocycles. The smallest absolute Gasteiger partial charge is 0.102 e. The first kappa shape index (κ1) is 14.9. The molecule has 18 heavy (non-hydrogen) atoms. The largest absolute Gasteiger partial charge is 0.511 e. The Bertz CT molecular complexity index is 416. The number of halogens is 3. The number of hydrogen-bond donors (Lipinski definition) is 1. The fourth-order valence-electron chi connectivity index (χ4n) is 3.40. The van der Waals surface area contributed by atoms with Crippen LogP contribution >= 0.6 is 43.5 Å². The monoisotopic (exact) mass is 396 g/mol. The van der Waals surface area contributed by atoms with Gasteiger partial charge in [-0.25, -0.2) is 0 Å². The van der Waals surface area contributed by atoms with Crippen molar-refractivity contribution in [3.63, 3.8) is 0 Å². The van der Waals surface area contributed by atoms with Crippen molar-refractivity contribution in [1.82, 2.24) is 0 Å². The van der Waals surface area contributed by atoms with E-state index in [2.05, 4.69) is 58.7 Å². The average molecular weight is 399 g/mol. The van der Waals surface area contributed by atoms with E-state index in [1.807, 2.05) is 6.08 Å². The number of alkyl halides is 3. The second-order valence-corrected chi connectivity index (χ2v) is 8.60. The van der Waals surface area contributed by atoms with Crippen molar-refractivity contribution in [3.8, 4) is 0 Å². The van der Waals surface area contributed by atoms with Gasteiger partial charge in [0.25, 0.3) is 0 Å². The van der Waals surface area contributed by atoms with Gasteiger partial charge in [-0.05, 0) is 31.3 Å². The molecular formula is C14H19Br2ClO. The highest BCUT2D eigenvalue weighted by atomic mass is 79.9. The molecule has 102 valence electrons. The first-order chi connectivity index (χ1) is 8.22. The molecule has 0 aromatic rings. The van der Waals surface area contributed by atoms with Crippen LogP contribution in [0.3, 0.4) is 0 Å². The zero-order valence-electron chi connectivity index (χ0n) is 10.9. The van der Waals surface area contributed by atoms with Crippen LogP contribution < -0.4 is 0 Å². The van der Waals surface area contributed by atoms with Crippen molar-refractivity contribution in [2.45, 2.75) is 48.6 Å². The van der Waals surface area contributed by atoms with Crippen LogP contribution in [-0.4, -0.2) is 20.1 Å². The molecule has 2 aliphatic rings. The van der Waals surface area contributed by atoms with Crippen LogP contribution in [0, 0.1) is 10.8 Å². The van der Waals surface area contributed by atoms with Gasteiger partial charge in [0.05, 0.1) is 10.2 Å². The second-order valence-electron chi connectivity index (χ2n) is 6.00. The molecular weight excluding hydrogens is 379 g/mol. The van der Waals surface area contributed by atoms with Gasteiger partial charge in [0.2, 0.25) is 0 Å². The Kier molecular flexibility index (Phi) is 4.00. The molecule has 2 rings (SSSR count). The van der Waals surface area contributed by atoms with Crippen molar-refractivity contribution in [1.29, 1.82) is 0 Å². The van der Waals surface area contributed by atoms with Crippen molar-refractivity contribution < 1.29 is 5.11 Å². The minimum Gasteiger partial charge on any atom is -0.511 e. The molecule has 0 saturated carbocycles. The minimum absolute atomic E-state index is 0.0268. The Morgan fingerprint density at radius 2 is 2.00 bits per heavy atom. The van der Waals surface area contributed by atoms with Gasteiger partial charge in [-0.1, -0.05) is 57.4 Å². The van der Waals surface area contributed by atoms with Gasteiger partial charge < -0.3 is 5.11 Å². The van der Waals surface area contributed by atoms with E-state index in [0.717, 1.165) is 12.8 Å². The molecule has 1 nitrogen and oxygen atoms in total. The molecule has 4 atom stereocenters. The Balaban J connectivity index is 2.51. The molecule has 1 spiro atoms. The number of allylic oxidation sites excluding steroid dienone is 4. The van der Waals surface area contributed by atoms with Crippen molar-refractivity contribution in [2.24, 2.45) is 10.8 Å². The number of aliphatic hydroxyl groups is 1. The molecule has 0 heterocycles. The highest BCUT2D eigenvalue weighted by Crippen LogP contribution is 2.61. The highest BCUT2D eigenvalue weighted by Gasteiger charge is 2.55. The van der Waals surface area contributed by atoms with E-state index in [0.29, 0.717) is 5.76 Å². The van der Waals surface area contributed by atoms with Crippen LogP contribution in [0.4, 0.5) is 0 Å². The summed E-state index contributed by atoms with van der Waals surface area (Å²) in [5.74, 6) is 0.461. The first-order valence-corrected chi connectivity index (χ1v) is 8.49. The van der Waals surface area contributed by atoms with Crippen LogP contribution in [-0.2, 0) is 0 Å². The molecule has 0 amide bonds. The van der Waals surface area contributed by atoms with Crippen LogP contribution in [0.15, 0.2) is 23.5 Å². The maximum Gasteiger partial charge on any atom is 0.102 e. The van der Waals surface area contributed by atoms with E-state index >= 15 is 0 Å². The van der Waals surface area contributed by atoms with Crippen molar-refractivity contribution in [2.75, 3.05) is 0 Å². The van der Waals surface area contributed by atoms with E-state index < -0.39 is 0 Å². The molecule has 0 bridgehead atoms. The third kappa shape index (κ3) is 2.01. The quantitative estimate of drug-likeness (QED) is 0.432. The second kappa shape index (κ2) is 4.82. The van der Waals surface area contributed by atoms with Crippen molar-refractivity contribution >= 4 is 43.5 Å². The Morgan fingerprint density at radius 3 is 2.56 bits per heavy atom. The minimum atomic E-state index is 0.0268. The lowest BCUT2D eigenvalue weighted by Crippen LogP contribution is -2.52. The third-order valence-corrected chi connectivity index (χ3v) is 8.06. The molecule has 3 unspecified atom stereocenters. The lowest BCUT2D eigenvalue weighted by molar-refractivity contribution is 0.0803. The first-order valence-electron chi connectivity index (χ1n) is 6.22. The number of hydrogen-bond acceptors (Lipinski definition) is 1. The topological polar surface area (TPSA) is 20.2 Å².